The summed E-state index contributed by atoms with van der Waals surface area (Å²) in [5.74, 6) is 0.526. The summed E-state index contributed by atoms with van der Waals surface area (Å²) in [6.07, 6.45) is 3.44. The van der Waals surface area contributed by atoms with Crippen LogP contribution >= 0.6 is 0 Å². The van der Waals surface area contributed by atoms with Gasteiger partial charge in [0.25, 0.3) is 5.91 Å². The number of ether oxygens (including phenoxy) is 1. The van der Waals surface area contributed by atoms with Gasteiger partial charge in [0.1, 0.15) is 12.4 Å². The number of hydrogen-bond acceptors (Lipinski definition) is 2. The van der Waals surface area contributed by atoms with Gasteiger partial charge in [0, 0.05) is 11.3 Å². The summed E-state index contributed by atoms with van der Waals surface area (Å²) in [5, 5.41) is 2.92. The highest BCUT2D eigenvalue weighted by Gasteiger charge is 2.07. The molecule has 0 spiro atoms. The van der Waals surface area contributed by atoms with E-state index in [1.807, 2.05) is 31.2 Å². The number of anilines is 1. The Morgan fingerprint density at radius 1 is 1.17 bits per heavy atom. The summed E-state index contributed by atoms with van der Waals surface area (Å²) in [6.45, 7) is 8.34. The molecule has 0 fully saturated rings. The number of carbonyl (C=O) groups excluding carboxylic acids is 1. The first-order chi connectivity index (χ1) is 11.6. The first-order valence-corrected chi connectivity index (χ1v) is 8.36. The van der Waals surface area contributed by atoms with Crippen LogP contribution in [0, 0.1) is 0 Å². The molecule has 3 heteroatoms. The molecular formula is C21H25NO2. The van der Waals surface area contributed by atoms with Gasteiger partial charge in [-0.3, -0.25) is 4.79 Å². The molecule has 0 atom stereocenters. The Morgan fingerprint density at radius 2 is 1.92 bits per heavy atom. The zero-order valence-corrected chi connectivity index (χ0v) is 14.5. The first-order valence-electron chi connectivity index (χ1n) is 8.36. The summed E-state index contributed by atoms with van der Waals surface area (Å²) in [7, 11) is 0. The molecule has 1 N–H and O–H groups in total. The Kier molecular flexibility index (Phi) is 6.62. The monoisotopic (exact) mass is 323 g/mol. The zero-order chi connectivity index (χ0) is 17.4. The molecule has 3 nitrogen and oxygen atoms in total. The molecule has 0 bridgehead atoms. The van der Waals surface area contributed by atoms with Crippen molar-refractivity contribution in [1.82, 2.24) is 0 Å². The molecule has 0 aromatic heterocycles. The number of rotatable bonds is 8. The van der Waals surface area contributed by atoms with Crippen molar-refractivity contribution in [2.45, 2.75) is 33.1 Å². The van der Waals surface area contributed by atoms with Crippen LogP contribution in [0.2, 0.25) is 0 Å². The Labute approximate surface area is 144 Å². The van der Waals surface area contributed by atoms with E-state index in [9.17, 15) is 4.79 Å². The van der Waals surface area contributed by atoms with Gasteiger partial charge in [0.2, 0.25) is 0 Å². The van der Waals surface area contributed by atoms with Crippen molar-refractivity contribution in [3.05, 3.63) is 71.8 Å². The van der Waals surface area contributed by atoms with Crippen LogP contribution < -0.4 is 10.1 Å². The highest BCUT2D eigenvalue weighted by Crippen LogP contribution is 2.17. The molecule has 0 aliphatic rings. The van der Waals surface area contributed by atoms with Crippen LogP contribution in [0.3, 0.4) is 0 Å². The fourth-order valence-corrected chi connectivity index (χ4v) is 2.27. The molecule has 0 aliphatic heterocycles. The lowest BCUT2D eigenvalue weighted by Gasteiger charge is -2.09. The smallest absolute Gasteiger partial charge is 0.255 e. The average molecular weight is 323 g/mol. The number of amides is 1. The Bertz CT molecular complexity index is 689. The zero-order valence-electron chi connectivity index (χ0n) is 14.5. The van der Waals surface area contributed by atoms with Gasteiger partial charge in [-0.05, 0) is 61.2 Å². The minimum absolute atomic E-state index is 0.142. The Morgan fingerprint density at radius 3 is 2.58 bits per heavy atom. The molecule has 0 unspecified atom stereocenters. The number of unbranched alkanes of at least 4 members (excludes halogenated alkanes) is 1. The first kappa shape index (κ1) is 17.8. The van der Waals surface area contributed by atoms with Gasteiger partial charge in [-0.25, -0.2) is 0 Å². The van der Waals surface area contributed by atoms with E-state index in [0.717, 1.165) is 17.7 Å². The third-order valence-corrected chi connectivity index (χ3v) is 3.61. The van der Waals surface area contributed by atoms with Crippen LogP contribution in [0.15, 0.2) is 60.7 Å². The Balaban J connectivity index is 1.98. The molecule has 24 heavy (non-hydrogen) atoms. The van der Waals surface area contributed by atoms with E-state index >= 15 is 0 Å². The maximum Gasteiger partial charge on any atom is 0.255 e. The number of aryl methyl sites for hydroxylation is 1. The highest BCUT2D eigenvalue weighted by atomic mass is 16.5. The Hall–Kier alpha value is -2.55. The second-order valence-corrected chi connectivity index (χ2v) is 6.03. The summed E-state index contributed by atoms with van der Waals surface area (Å²) in [6, 6.07) is 15.2. The van der Waals surface area contributed by atoms with E-state index in [1.54, 1.807) is 12.1 Å². The van der Waals surface area contributed by atoms with Gasteiger partial charge in [-0.1, -0.05) is 38.1 Å². The molecule has 0 radical (unpaired) electrons. The molecule has 0 saturated carbocycles. The standard InChI is InChI=1S/C21H25NO2/c1-4-5-7-17-10-12-19(13-11-17)22-21(23)18-8-6-9-20(14-18)24-15-16(2)3/h6,8-14H,2,4-5,7,15H2,1,3H3,(H,22,23). The molecule has 2 rings (SSSR count). The van der Waals surface area contributed by atoms with Crippen molar-refractivity contribution in [1.29, 1.82) is 0 Å². The van der Waals surface area contributed by atoms with Crippen LogP contribution in [0.25, 0.3) is 0 Å². The lowest BCUT2D eigenvalue weighted by atomic mass is 10.1. The summed E-state index contributed by atoms with van der Waals surface area (Å²) < 4.78 is 5.58. The predicted molar refractivity (Wildman–Crippen MR) is 99.8 cm³/mol. The molecule has 126 valence electrons. The lowest BCUT2D eigenvalue weighted by molar-refractivity contribution is 0.102. The van der Waals surface area contributed by atoms with Gasteiger partial charge < -0.3 is 10.1 Å². The molecule has 1 amide bonds. The maximum atomic E-state index is 12.4. The molecule has 0 saturated heterocycles. The second kappa shape index (κ2) is 8.92. The number of nitrogens with one attached hydrogen (secondary N) is 1. The topological polar surface area (TPSA) is 38.3 Å². The van der Waals surface area contributed by atoms with Gasteiger partial charge in [-0.2, -0.15) is 0 Å². The normalized spacial score (nSPS) is 10.2. The van der Waals surface area contributed by atoms with Crippen LogP contribution in [-0.4, -0.2) is 12.5 Å². The van der Waals surface area contributed by atoms with Crippen LogP contribution in [0.1, 0.15) is 42.6 Å². The highest BCUT2D eigenvalue weighted by molar-refractivity contribution is 6.04. The fourth-order valence-electron chi connectivity index (χ4n) is 2.27. The summed E-state index contributed by atoms with van der Waals surface area (Å²) >= 11 is 0. The largest absolute Gasteiger partial charge is 0.489 e. The van der Waals surface area contributed by atoms with Crippen molar-refractivity contribution in [2.75, 3.05) is 11.9 Å². The fraction of sp³-hybridized carbons (Fsp3) is 0.286. The van der Waals surface area contributed by atoms with E-state index in [2.05, 4.69) is 31.0 Å². The molecule has 0 heterocycles. The van der Waals surface area contributed by atoms with Crippen molar-refractivity contribution in [3.8, 4) is 5.75 Å². The van der Waals surface area contributed by atoms with Crippen molar-refractivity contribution >= 4 is 11.6 Å². The number of hydrogen-bond donors (Lipinski definition) is 1. The van der Waals surface area contributed by atoms with Crippen LogP contribution in [0.5, 0.6) is 5.75 Å². The molecule has 2 aromatic carbocycles. The van der Waals surface area contributed by atoms with Crippen molar-refractivity contribution < 1.29 is 9.53 Å². The van der Waals surface area contributed by atoms with Gasteiger partial charge in [-0.15, -0.1) is 0 Å². The summed E-state index contributed by atoms with van der Waals surface area (Å²) in [4.78, 5) is 12.4. The second-order valence-electron chi connectivity index (χ2n) is 6.03. The molecular weight excluding hydrogens is 298 g/mol. The lowest BCUT2D eigenvalue weighted by Crippen LogP contribution is -2.12. The quantitative estimate of drug-likeness (QED) is 0.675. The van der Waals surface area contributed by atoms with Gasteiger partial charge in [0.15, 0.2) is 0 Å². The SMILES string of the molecule is C=C(C)COc1cccc(C(=O)Nc2ccc(CCCC)cc2)c1. The number of benzene rings is 2. The van der Waals surface area contributed by atoms with Crippen LogP contribution in [0.4, 0.5) is 5.69 Å². The van der Waals surface area contributed by atoms with E-state index < -0.39 is 0 Å². The minimum Gasteiger partial charge on any atom is -0.489 e. The average Bonchev–Trinajstić information content (AvgIpc) is 2.59. The van der Waals surface area contributed by atoms with Crippen molar-refractivity contribution in [2.24, 2.45) is 0 Å². The number of carbonyl (C=O) groups is 1. The van der Waals surface area contributed by atoms with E-state index in [0.29, 0.717) is 17.9 Å². The van der Waals surface area contributed by atoms with Crippen molar-refractivity contribution in [3.63, 3.8) is 0 Å². The van der Waals surface area contributed by atoms with E-state index in [1.165, 1.54) is 18.4 Å². The van der Waals surface area contributed by atoms with E-state index in [-0.39, 0.29) is 5.91 Å². The molecule has 0 aliphatic carbocycles. The minimum atomic E-state index is -0.142. The maximum absolute atomic E-state index is 12.4. The van der Waals surface area contributed by atoms with Gasteiger partial charge in [0.05, 0.1) is 0 Å². The van der Waals surface area contributed by atoms with E-state index in [4.69, 9.17) is 4.74 Å². The van der Waals surface area contributed by atoms with Crippen LogP contribution in [-0.2, 0) is 6.42 Å². The summed E-state index contributed by atoms with van der Waals surface area (Å²) in [5.41, 5.74) is 3.61. The van der Waals surface area contributed by atoms with Gasteiger partial charge >= 0.3 is 0 Å². The predicted octanol–water partition coefficient (Wildman–Crippen LogP) is 5.24. The third-order valence-electron chi connectivity index (χ3n) is 3.61. The third kappa shape index (κ3) is 5.58. The molecule has 2 aromatic rings.